The predicted molar refractivity (Wildman–Crippen MR) is 89.5 cm³/mol. The Labute approximate surface area is 135 Å². The summed E-state index contributed by atoms with van der Waals surface area (Å²) in [7, 11) is 0. The first-order valence-corrected chi connectivity index (χ1v) is 7.81. The van der Waals surface area contributed by atoms with Gasteiger partial charge in [-0.15, -0.1) is 0 Å². The van der Waals surface area contributed by atoms with E-state index in [-0.39, 0.29) is 5.02 Å². The van der Waals surface area contributed by atoms with Crippen LogP contribution < -0.4 is 10.2 Å². The van der Waals surface area contributed by atoms with Crippen LogP contribution in [0.25, 0.3) is 0 Å². The summed E-state index contributed by atoms with van der Waals surface area (Å²) in [6.45, 7) is 6.19. The van der Waals surface area contributed by atoms with Crippen LogP contribution in [0.15, 0.2) is 30.6 Å². The molecule has 0 bridgehead atoms. The first-order valence-electron chi connectivity index (χ1n) is 7.43. The minimum Gasteiger partial charge on any atom is -0.356 e. The topological polar surface area (TPSA) is 41.0 Å². The zero-order valence-electron chi connectivity index (χ0n) is 12.8. The standard InChI is InChI=1S/C16H20ClFN4/c1-3-7-22(8-4-2)16-10-15(19-11-20-16)21-12-5-6-14(18)13(17)9-12/h5-6,9-11H,3-4,7-8H2,1-2H3,(H,19,20,21). The number of rotatable bonds is 7. The molecule has 0 spiro atoms. The molecule has 0 radical (unpaired) electrons. The van der Waals surface area contributed by atoms with Gasteiger partial charge < -0.3 is 10.2 Å². The van der Waals surface area contributed by atoms with Crippen molar-refractivity contribution in [2.75, 3.05) is 23.3 Å². The minimum atomic E-state index is -0.437. The fourth-order valence-electron chi connectivity index (χ4n) is 2.19. The third kappa shape index (κ3) is 4.31. The molecule has 0 fully saturated rings. The molecule has 0 aliphatic rings. The molecule has 0 atom stereocenters. The van der Waals surface area contributed by atoms with Crippen molar-refractivity contribution in [2.45, 2.75) is 26.7 Å². The van der Waals surface area contributed by atoms with Crippen molar-refractivity contribution in [3.63, 3.8) is 0 Å². The van der Waals surface area contributed by atoms with Crippen LogP contribution in [0.2, 0.25) is 5.02 Å². The van der Waals surface area contributed by atoms with Crippen molar-refractivity contribution >= 4 is 28.9 Å². The molecule has 0 saturated carbocycles. The number of hydrogen-bond donors (Lipinski definition) is 1. The van der Waals surface area contributed by atoms with E-state index in [4.69, 9.17) is 11.6 Å². The van der Waals surface area contributed by atoms with E-state index in [1.165, 1.54) is 18.5 Å². The third-order valence-electron chi connectivity index (χ3n) is 3.16. The molecule has 1 aromatic carbocycles. The Balaban J connectivity index is 2.18. The highest BCUT2D eigenvalue weighted by atomic mass is 35.5. The number of benzene rings is 1. The highest BCUT2D eigenvalue weighted by Crippen LogP contribution is 2.23. The lowest BCUT2D eigenvalue weighted by atomic mass is 10.3. The summed E-state index contributed by atoms with van der Waals surface area (Å²) in [6.07, 6.45) is 3.64. The number of halogens is 2. The summed E-state index contributed by atoms with van der Waals surface area (Å²) in [5.41, 5.74) is 0.689. The molecular weight excluding hydrogens is 303 g/mol. The Hall–Kier alpha value is -1.88. The number of nitrogens with one attached hydrogen (secondary N) is 1. The zero-order valence-corrected chi connectivity index (χ0v) is 13.6. The Morgan fingerprint density at radius 1 is 1.14 bits per heavy atom. The molecule has 1 aromatic heterocycles. The van der Waals surface area contributed by atoms with Gasteiger partial charge in [-0.3, -0.25) is 0 Å². The van der Waals surface area contributed by atoms with Gasteiger partial charge >= 0.3 is 0 Å². The second kappa shape index (κ2) is 7.94. The maximum absolute atomic E-state index is 13.2. The highest BCUT2D eigenvalue weighted by Gasteiger charge is 2.08. The quantitative estimate of drug-likeness (QED) is 0.806. The van der Waals surface area contributed by atoms with Crippen molar-refractivity contribution in [1.82, 2.24) is 9.97 Å². The minimum absolute atomic E-state index is 0.0814. The van der Waals surface area contributed by atoms with E-state index in [0.717, 1.165) is 31.7 Å². The Kier molecular flexibility index (Phi) is 5.95. The first kappa shape index (κ1) is 16.5. The van der Waals surface area contributed by atoms with E-state index in [1.807, 2.05) is 6.07 Å². The summed E-state index contributed by atoms with van der Waals surface area (Å²) >= 11 is 5.79. The smallest absolute Gasteiger partial charge is 0.141 e. The number of aromatic nitrogens is 2. The van der Waals surface area contributed by atoms with Gasteiger partial charge in [0.05, 0.1) is 5.02 Å². The SMILES string of the molecule is CCCN(CCC)c1cc(Nc2ccc(F)c(Cl)c2)ncn1. The van der Waals surface area contributed by atoms with E-state index in [1.54, 1.807) is 6.07 Å². The summed E-state index contributed by atoms with van der Waals surface area (Å²) in [5.74, 6) is 1.10. The van der Waals surface area contributed by atoms with Crippen molar-refractivity contribution in [1.29, 1.82) is 0 Å². The van der Waals surface area contributed by atoms with Crippen LogP contribution in [0.3, 0.4) is 0 Å². The van der Waals surface area contributed by atoms with Gasteiger partial charge in [0.15, 0.2) is 0 Å². The van der Waals surface area contributed by atoms with Crippen molar-refractivity contribution in [2.24, 2.45) is 0 Å². The van der Waals surface area contributed by atoms with Gasteiger partial charge in [-0.2, -0.15) is 0 Å². The van der Waals surface area contributed by atoms with E-state index in [9.17, 15) is 4.39 Å². The normalized spacial score (nSPS) is 10.5. The van der Waals surface area contributed by atoms with Crippen molar-refractivity contribution in [3.8, 4) is 0 Å². The molecule has 1 heterocycles. The van der Waals surface area contributed by atoms with Gasteiger partial charge in [0, 0.05) is 24.8 Å². The van der Waals surface area contributed by atoms with E-state index in [2.05, 4.69) is 34.0 Å². The second-order valence-corrected chi connectivity index (χ2v) is 5.41. The monoisotopic (exact) mass is 322 g/mol. The number of anilines is 3. The maximum atomic E-state index is 13.2. The molecule has 0 amide bonds. The lowest BCUT2D eigenvalue weighted by Gasteiger charge is -2.22. The highest BCUT2D eigenvalue weighted by molar-refractivity contribution is 6.31. The van der Waals surface area contributed by atoms with Crippen LogP contribution in [-0.2, 0) is 0 Å². The molecule has 22 heavy (non-hydrogen) atoms. The summed E-state index contributed by atoms with van der Waals surface area (Å²) in [6, 6.07) is 6.38. The Morgan fingerprint density at radius 2 is 1.86 bits per heavy atom. The Bertz CT molecular complexity index is 615. The Morgan fingerprint density at radius 3 is 2.50 bits per heavy atom. The van der Waals surface area contributed by atoms with Crippen LogP contribution >= 0.6 is 11.6 Å². The van der Waals surface area contributed by atoms with Crippen LogP contribution in [-0.4, -0.2) is 23.1 Å². The first-order chi connectivity index (χ1) is 10.6. The van der Waals surface area contributed by atoms with E-state index < -0.39 is 5.82 Å². The molecule has 6 heteroatoms. The number of hydrogen-bond acceptors (Lipinski definition) is 4. The molecule has 0 aliphatic carbocycles. The molecule has 0 unspecified atom stereocenters. The lowest BCUT2D eigenvalue weighted by molar-refractivity contribution is 0.628. The van der Waals surface area contributed by atoms with Gasteiger partial charge in [0.1, 0.15) is 23.8 Å². The van der Waals surface area contributed by atoms with Crippen molar-refractivity contribution in [3.05, 3.63) is 41.4 Å². The second-order valence-electron chi connectivity index (χ2n) is 5.00. The van der Waals surface area contributed by atoms with Gasteiger partial charge in [0.25, 0.3) is 0 Å². The average Bonchev–Trinajstić information content (AvgIpc) is 2.51. The summed E-state index contributed by atoms with van der Waals surface area (Å²) in [4.78, 5) is 10.8. The van der Waals surface area contributed by atoms with Crippen molar-refractivity contribution < 1.29 is 4.39 Å². The van der Waals surface area contributed by atoms with Gasteiger partial charge in [0.2, 0.25) is 0 Å². The molecule has 118 valence electrons. The maximum Gasteiger partial charge on any atom is 0.141 e. The van der Waals surface area contributed by atoms with Crippen LogP contribution in [0.5, 0.6) is 0 Å². The van der Waals surface area contributed by atoms with Crippen LogP contribution in [0, 0.1) is 5.82 Å². The molecular formula is C16H20ClFN4. The van der Waals surface area contributed by atoms with Gasteiger partial charge in [-0.1, -0.05) is 25.4 Å². The molecule has 2 aromatic rings. The molecule has 4 nitrogen and oxygen atoms in total. The summed E-state index contributed by atoms with van der Waals surface area (Å²) in [5, 5.41) is 3.20. The molecule has 0 aliphatic heterocycles. The van der Waals surface area contributed by atoms with Crippen LogP contribution in [0.1, 0.15) is 26.7 Å². The zero-order chi connectivity index (χ0) is 15.9. The van der Waals surface area contributed by atoms with Gasteiger partial charge in [-0.25, -0.2) is 14.4 Å². The van der Waals surface area contributed by atoms with Crippen LogP contribution in [0.4, 0.5) is 21.7 Å². The lowest BCUT2D eigenvalue weighted by Crippen LogP contribution is -2.25. The van der Waals surface area contributed by atoms with E-state index in [0.29, 0.717) is 11.5 Å². The average molecular weight is 323 g/mol. The molecule has 0 saturated heterocycles. The fourth-order valence-corrected chi connectivity index (χ4v) is 2.37. The number of nitrogens with zero attached hydrogens (tertiary/aromatic N) is 3. The largest absolute Gasteiger partial charge is 0.356 e. The fraction of sp³-hybridized carbons (Fsp3) is 0.375. The van der Waals surface area contributed by atoms with E-state index >= 15 is 0 Å². The van der Waals surface area contributed by atoms with Gasteiger partial charge in [-0.05, 0) is 31.0 Å². The summed E-state index contributed by atoms with van der Waals surface area (Å²) < 4.78 is 13.2. The molecule has 1 N–H and O–H groups in total. The molecule has 2 rings (SSSR count). The third-order valence-corrected chi connectivity index (χ3v) is 3.45. The predicted octanol–water partition coefficient (Wildman–Crippen LogP) is 4.64.